The van der Waals surface area contributed by atoms with Gasteiger partial charge in [-0.05, 0) is 55.1 Å². The molecule has 2 aromatic rings. The smallest absolute Gasteiger partial charge is 0.269 e. The van der Waals surface area contributed by atoms with Crippen LogP contribution in [0.1, 0.15) is 24.0 Å². The van der Waals surface area contributed by atoms with Crippen molar-refractivity contribution >= 4 is 38.9 Å². The highest BCUT2D eigenvalue weighted by atomic mass is 35.5. The Bertz CT molecular complexity index is 1010. The molecule has 7 nitrogen and oxygen atoms in total. The van der Waals surface area contributed by atoms with Gasteiger partial charge < -0.3 is 0 Å². The Labute approximate surface area is 179 Å². The summed E-state index contributed by atoms with van der Waals surface area (Å²) in [6.45, 7) is 2.66. The van der Waals surface area contributed by atoms with Gasteiger partial charge in [0.05, 0.1) is 9.95 Å². The van der Waals surface area contributed by atoms with Crippen molar-refractivity contribution < 1.29 is 13.3 Å². The first-order valence-electron chi connectivity index (χ1n) is 9.19. The lowest BCUT2D eigenvalue weighted by atomic mass is 9.99. The van der Waals surface area contributed by atoms with Gasteiger partial charge in [0, 0.05) is 36.8 Å². The highest BCUT2D eigenvalue weighted by Gasteiger charge is 2.20. The van der Waals surface area contributed by atoms with Crippen molar-refractivity contribution in [1.82, 2.24) is 9.62 Å². The van der Waals surface area contributed by atoms with E-state index in [1.807, 2.05) is 6.07 Å². The van der Waals surface area contributed by atoms with Crippen LogP contribution in [0.4, 0.5) is 5.69 Å². The van der Waals surface area contributed by atoms with Crippen LogP contribution < -0.4 is 4.72 Å². The molecule has 29 heavy (non-hydrogen) atoms. The second-order valence-corrected chi connectivity index (χ2v) is 9.49. The molecule has 1 aliphatic rings. The standard InChI is InChI=1S/C19H21Cl2N3O4S/c20-16-4-6-19(18(21)12-16)29(27,28)22-8-1-2-9-23-10-7-14-3-5-17(24(25)26)11-15(14)13-23/h3-6,11-12,22H,1-2,7-10,13H2. The van der Waals surface area contributed by atoms with Crippen molar-refractivity contribution in [2.75, 3.05) is 19.6 Å². The summed E-state index contributed by atoms with van der Waals surface area (Å²) in [7, 11) is -3.68. The molecule has 0 spiro atoms. The van der Waals surface area contributed by atoms with Gasteiger partial charge in [-0.3, -0.25) is 15.0 Å². The van der Waals surface area contributed by atoms with E-state index in [2.05, 4.69) is 9.62 Å². The van der Waals surface area contributed by atoms with Crippen molar-refractivity contribution in [3.8, 4) is 0 Å². The molecule has 0 aromatic heterocycles. The molecule has 1 heterocycles. The quantitative estimate of drug-likeness (QED) is 0.367. The maximum atomic E-state index is 12.3. The molecule has 0 saturated carbocycles. The van der Waals surface area contributed by atoms with Crippen LogP contribution in [0.15, 0.2) is 41.3 Å². The number of benzene rings is 2. The van der Waals surface area contributed by atoms with E-state index in [1.165, 1.54) is 18.2 Å². The number of fused-ring (bicyclic) bond motifs is 1. The van der Waals surface area contributed by atoms with Crippen LogP contribution in [0.3, 0.4) is 0 Å². The van der Waals surface area contributed by atoms with E-state index >= 15 is 0 Å². The first-order chi connectivity index (χ1) is 13.8. The third-order valence-corrected chi connectivity index (χ3v) is 7.05. The zero-order chi connectivity index (χ0) is 21.0. The number of nitro groups is 1. The molecule has 0 fully saturated rings. The molecule has 1 aliphatic heterocycles. The van der Waals surface area contributed by atoms with E-state index in [9.17, 15) is 18.5 Å². The van der Waals surface area contributed by atoms with E-state index in [0.29, 0.717) is 24.5 Å². The molecule has 0 bridgehead atoms. The van der Waals surface area contributed by atoms with E-state index in [-0.39, 0.29) is 20.5 Å². The van der Waals surface area contributed by atoms with Gasteiger partial charge >= 0.3 is 0 Å². The molecule has 0 aliphatic carbocycles. The van der Waals surface area contributed by atoms with Crippen LogP contribution in [0.5, 0.6) is 0 Å². The number of rotatable bonds is 8. The Hall–Kier alpha value is -1.71. The largest absolute Gasteiger partial charge is 0.299 e. The van der Waals surface area contributed by atoms with Gasteiger partial charge in [0.25, 0.3) is 5.69 Å². The average molecular weight is 458 g/mol. The molecule has 0 radical (unpaired) electrons. The summed E-state index contributed by atoms with van der Waals surface area (Å²) in [4.78, 5) is 12.8. The molecule has 0 atom stereocenters. The highest BCUT2D eigenvalue weighted by molar-refractivity contribution is 7.89. The van der Waals surface area contributed by atoms with Gasteiger partial charge in [-0.25, -0.2) is 13.1 Å². The van der Waals surface area contributed by atoms with Crippen molar-refractivity contribution in [3.05, 3.63) is 67.7 Å². The van der Waals surface area contributed by atoms with Crippen LogP contribution >= 0.6 is 23.2 Å². The lowest BCUT2D eigenvalue weighted by Crippen LogP contribution is -2.32. The molecule has 10 heteroatoms. The first-order valence-corrected chi connectivity index (χ1v) is 11.4. The highest BCUT2D eigenvalue weighted by Crippen LogP contribution is 2.25. The van der Waals surface area contributed by atoms with Crippen molar-refractivity contribution in [2.45, 2.75) is 30.7 Å². The number of nitro benzene ring substituents is 1. The van der Waals surface area contributed by atoms with Crippen molar-refractivity contribution in [2.24, 2.45) is 0 Å². The maximum Gasteiger partial charge on any atom is 0.269 e. The third-order valence-electron chi connectivity index (χ3n) is 4.87. The van der Waals surface area contributed by atoms with Crippen molar-refractivity contribution in [3.63, 3.8) is 0 Å². The van der Waals surface area contributed by atoms with E-state index in [4.69, 9.17) is 23.2 Å². The fourth-order valence-electron chi connectivity index (χ4n) is 3.34. The summed E-state index contributed by atoms with van der Waals surface area (Å²) < 4.78 is 27.3. The number of sulfonamides is 1. The monoisotopic (exact) mass is 457 g/mol. The normalized spacial score (nSPS) is 14.6. The van der Waals surface area contributed by atoms with Gasteiger partial charge in [0.1, 0.15) is 4.90 Å². The summed E-state index contributed by atoms with van der Waals surface area (Å²) in [5.41, 5.74) is 2.25. The van der Waals surface area contributed by atoms with Crippen LogP contribution in [0.2, 0.25) is 10.0 Å². The fraction of sp³-hybridized carbons (Fsp3) is 0.368. The van der Waals surface area contributed by atoms with Crippen LogP contribution in [0.25, 0.3) is 0 Å². The Morgan fingerprint density at radius 2 is 1.90 bits per heavy atom. The number of hydrogen-bond donors (Lipinski definition) is 1. The molecule has 0 saturated heterocycles. The predicted molar refractivity (Wildman–Crippen MR) is 113 cm³/mol. The molecular formula is C19H21Cl2N3O4S. The summed E-state index contributed by atoms with van der Waals surface area (Å²) >= 11 is 11.8. The second kappa shape index (κ2) is 9.40. The minimum absolute atomic E-state index is 0.0119. The SMILES string of the molecule is O=[N+]([O-])c1ccc2c(c1)CN(CCCCNS(=O)(=O)c1ccc(Cl)cc1Cl)CC2. The van der Waals surface area contributed by atoms with Crippen molar-refractivity contribution in [1.29, 1.82) is 0 Å². The lowest BCUT2D eigenvalue weighted by molar-refractivity contribution is -0.385. The number of halogens is 2. The minimum Gasteiger partial charge on any atom is -0.299 e. The average Bonchev–Trinajstić information content (AvgIpc) is 2.66. The zero-order valence-corrected chi connectivity index (χ0v) is 17.9. The molecule has 3 rings (SSSR count). The minimum atomic E-state index is -3.68. The van der Waals surface area contributed by atoms with Gasteiger partial charge in [-0.15, -0.1) is 0 Å². The third kappa shape index (κ3) is 5.67. The number of hydrogen-bond acceptors (Lipinski definition) is 5. The van der Waals surface area contributed by atoms with Crippen LogP contribution in [-0.2, 0) is 23.0 Å². The van der Waals surface area contributed by atoms with Gasteiger partial charge in [0.15, 0.2) is 0 Å². The molecule has 2 aromatic carbocycles. The molecular weight excluding hydrogens is 437 g/mol. The Kier molecular flexibility index (Phi) is 7.13. The molecule has 0 unspecified atom stereocenters. The Morgan fingerprint density at radius 3 is 2.62 bits per heavy atom. The first kappa shape index (κ1) is 22.0. The lowest BCUT2D eigenvalue weighted by Gasteiger charge is -2.28. The summed E-state index contributed by atoms with van der Waals surface area (Å²) in [6.07, 6.45) is 2.33. The maximum absolute atomic E-state index is 12.3. The topological polar surface area (TPSA) is 92.6 Å². The van der Waals surface area contributed by atoms with E-state index in [1.54, 1.807) is 12.1 Å². The number of nitrogens with zero attached hydrogens (tertiary/aromatic N) is 2. The molecule has 0 amide bonds. The number of non-ortho nitro benzene ring substituents is 1. The van der Waals surface area contributed by atoms with Crippen LogP contribution in [0, 0.1) is 10.1 Å². The Balaban J connectivity index is 1.46. The summed E-state index contributed by atoms with van der Waals surface area (Å²) in [5.74, 6) is 0. The molecule has 1 N–H and O–H groups in total. The number of unbranched alkanes of at least 4 members (excludes halogenated alkanes) is 1. The van der Waals surface area contributed by atoms with Gasteiger partial charge in [0.2, 0.25) is 10.0 Å². The number of nitrogens with one attached hydrogen (secondary N) is 1. The molecule has 156 valence electrons. The second-order valence-electron chi connectivity index (χ2n) is 6.92. The van der Waals surface area contributed by atoms with Crippen LogP contribution in [-0.4, -0.2) is 37.9 Å². The fourth-order valence-corrected chi connectivity index (χ4v) is 5.19. The summed E-state index contributed by atoms with van der Waals surface area (Å²) in [6, 6.07) is 9.30. The van der Waals surface area contributed by atoms with E-state index < -0.39 is 10.0 Å². The zero-order valence-electron chi connectivity index (χ0n) is 15.6. The predicted octanol–water partition coefficient (Wildman–Crippen LogP) is 4.02. The van der Waals surface area contributed by atoms with Gasteiger partial charge in [-0.2, -0.15) is 0 Å². The Morgan fingerprint density at radius 1 is 1.10 bits per heavy atom. The van der Waals surface area contributed by atoms with E-state index in [0.717, 1.165) is 37.1 Å². The summed E-state index contributed by atoms with van der Waals surface area (Å²) in [5, 5.41) is 11.4. The van der Waals surface area contributed by atoms with Gasteiger partial charge in [-0.1, -0.05) is 29.3 Å².